The minimum atomic E-state index is -1.36. The molecule has 5 nitrogen and oxygen atoms in total. The number of benzene rings is 1. The molecule has 0 radical (unpaired) electrons. The molecule has 0 saturated heterocycles. The number of rotatable bonds is 4. The van der Waals surface area contributed by atoms with Crippen molar-refractivity contribution in [2.75, 3.05) is 6.79 Å². The van der Waals surface area contributed by atoms with E-state index in [9.17, 15) is 9.59 Å². The Morgan fingerprint density at radius 2 is 2.05 bits per heavy atom. The predicted octanol–water partition coefficient (Wildman–Crippen LogP) is 1.88. The van der Waals surface area contributed by atoms with Crippen molar-refractivity contribution in [3.63, 3.8) is 0 Å². The number of aliphatic carboxylic acids is 1. The Hall–Kier alpha value is -2.04. The number of Topliss-reactive ketones (excluding diaryl/α,β-unsaturated/α-hetero) is 1. The first kappa shape index (κ1) is 12.0. The van der Waals surface area contributed by atoms with E-state index in [-0.39, 0.29) is 13.2 Å². The fraction of sp³-hybridized carbons (Fsp3) is 0.429. The molecule has 1 aromatic carbocycles. The molecule has 0 aromatic heterocycles. The molecule has 1 fully saturated rings. The van der Waals surface area contributed by atoms with Crippen LogP contribution in [0.4, 0.5) is 0 Å². The van der Waals surface area contributed by atoms with E-state index in [1.165, 1.54) is 0 Å². The Kier molecular flexibility index (Phi) is 2.69. The van der Waals surface area contributed by atoms with Crippen molar-refractivity contribution < 1.29 is 24.2 Å². The Morgan fingerprint density at radius 3 is 2.68 bits per heavy atom. The van der Waals surface area contributed by atoms with Crippen molar-refractivity contribution in [3.05, 3.63) is 23.8 Å². The number of para-hydroxylation sites is 1. The largest absolute Gasteiger partial charge is 0.476 e. The van der Waals surface area contributed by atoms with Gasteiger partial charge in [-0.1, -0.05) is 18.6 Å². The van der Waals surface area contributed by atoms with Gasteiger partial charge in [0, 0.05) is 17.4 Å². The van der Waals surface area contributed by atoms with Crippen LogP contribution in [0.3, 0.4) is 0 Å². The predicted molar refractivity (Wildman–Crippen MR) is 65.4 cm³/mol. The molecule has 100 valence electrons. The van der Waals surface area contributed by atoms with Crippen molar-refractivity contribution in [1.82, 2.24) is 0 Å². The molecule has 3 rings (SSSR count). The molecule has 1 N–H and O–H groups in total. The van der Waals surface area contributed by atoms with Crippen LogP contribution in [0.5, 0.6) is 11.5 Å². The molecule has 5 heteroatoms. The Labute approximate surface area is 110 Å². The van der Waals surface area contributed by atoms with Gasteiger partial charge in [-0.2, -0.15) is 0 Å². The maximum Gasteiger partial charge on any atom is 0.372 e. The summed E-state index contributed by atoms with van der Waals surface area (Å²) in [5.74, 6) is -0.765. The zero-order chi connectivity index (χ0) is 13.5. The molecule has 0 amide bonds. The second kappa shape index (κ2) is 4.26. The third-order valence-corrected chi connectivity index (χ3v) is 4.02. The van der Waals surface area contributed by atoms with E-state index in [1.807, 2.05) is 18.2 Å². The molecule has 19 heavy (non-hydrogen) atoms. The first-order chi connectivity index (χ1) is 9.12. The fourth-order valence-electron chi connectivity index (χ4n) is 2.88. The van der Waals surface area contributed by atoms with Gasteiger partial charge >= 0.3 is 5.97 Å². The van der Waals surface area contributed by atoms with Crippen LogP contribution in [-0.4, -0.2) is 23.7 Å². The zero-order valence-electron chi connectivity index (χ0n) is 10.3. The topological polar surface area (TPSA) is 72.8 Å². The molecule has 2 aliphatic rings. The summed E-state index contributed by atoms with van der Waals surface area (Å²) in [4.78, 5) is 22.3. The van der Waals surface area contributed by atoms with Crippen molar-refractivity contribution in [2.45, 2.75) is 31.1 Å². The Bertz CT molecular complexity index is 545. The van der Waals surface area contributed by atoms with E-state index in [1.54, 1.807) is 0 Å². The van der Waals surface area contributed by atoms with Crippen LogP contribution in [0.2, 0.25) is 0 Å². The second-order valence-electron chi connectivity index (χ2n) is 5.08. The highest BCUT2D eigenvalue weighted by atomic mass is 16.7. The van der Waals surface area contributed by atoms with Crippen LogP contribution in [0.15, 0.2) is 18.2 Å². The molecule has 0 atom stereocenters. The second-order valence-corrected chi connectivity index (χ2v) is 5.08. The van der Waals surface area contributed by atoms with Gasteiger partial charge in [-0.25, -0.2) is 4.79 Å². The third-order valence-electron chi connectivity index (χ3n) is 4.02. The molecule has 0 spiro atoms. The van der Waals surface area contributed by atoms with Gasteiger partial charge < -0.3 is 14.6 Å². The fourth-order valence-corrected chi connectivity index (χ4v) is 2.88. The molecule has 0 unspecified atom stereocenters. The number of fused-ring (bicyclic) bond motifs is 1. The van der Waals surface area contributed by atoms with E-state index in [4.69, 9.17) is 14.6 Å². The third kappa shape index (κ3) is 1.85. The number of carbonyl (C=O) groups excluding carboxylic acids is 1. The summed E-state index contributed by atoms with van der Waals surface area (Å²) < 4.78 is 10.8. The average Bonchev–Trinajstić information content (AvgIpc) is 2.81. The highest BCUT2D eigenvalue weighted by Crippen LogP contribution is 2.52. The molecule has 1 aliphatic heterocycles. The minimum absolute atomic E-state index is 0.0299. The van der Waals surface area contributed by atoms with Gasteiger partial charge in [-0.05, 0) is 18.9 Å². The van der Waals surface area contributed by atoms with Gasteiger partial charge in [0.15, 0.2) is 11.5 Å². The number of carboxylic acid groups (broad SMARTS) is 1. The first-order valence-corrected chi connectivity index (χ1v) is 6.28. The Balaban J connectivity index is 1.97. The molecular weight excluding hydrogens is 248 g/mol. The van der Waals surface area contributed by atoms with Crippen LogP contribution in [-0.2, 0) is 15.0 Å². The summed E-state index contributed by atoms with van der Waals surface area (Å²) in [6, 6.07) is 5.58. The normalized spacial score (nSPS) is 18.7. The first-order valence-electron chi connectivity index (χ1n) is 6.28. The summed E-state index contributed by atoms with van der Waals surface area (Å²) in [6.45, 7) is 0.176. The lowest BCUT2D eigenvalue weighted by molar-refractivity contribution is -0.150. The summed E-state index contributed by atoms with van der Waals surface area (Å²) in [7, 11) is 0. The zero-order valence-corrected chi connectivity index (χ0v) is 10.3. The maximum absolute atomic E-state index is 11.6. The van der Waals surface area contributed by atoms with Crippen LogP contribution in [0, 0.1) is 0 Å². The van der Waals surface area contributed by atoms with Gasteiger partial charge in [-0.15, -0.1) is 0 Å². The number of ketones is 1. The molecular formula is C14H14O5. The number of carboxylic acids is 1. The van der Waals surface area contributed by atoms with Crippen molar-refractivity contribution >= 4 is 11.8 Å². The van der Waals surface area contributed by atoms with Gasteiger partial charge in [0.2, 0.25) is 12.6 Å². The lowest BCUT2D eigenvalue weighted by atomic mass is 9.61. The van der Waals surface area contributed by atoms with Gasteiger partial charge in [0.05, 0.1) is 0 Å². The lowest BCUT2D eigenvalue weighted by Gasteiger charge is -2.42. The van der Waals surface area contributed by atoms with Gasteiger partial charge in [0.25, 0.3) is 0 Å². The highest BCUT2D eigenvalue weighted by Gasteiger charge is 2.44. The SMILES string of the molecule is O=C(O)C(=O)CC1(c2cccc3c2OCO3)CCC1. The summed E-state index contributed by atoms with van der Waals surface area (Å²) >= 11 is 0. The number of ether oxygens (including phenoxy) is 2. The minimum Gasteiger partial charge on any atom is -0.476 e. The van der Waals surface area contributed by atoms with Crippen LogP contribution >= 0.6 is 0 Å². The molecule has 0 bridgehead atoms. The van der Waals surface area contributed by atoms with Crippen molar-refractivity contribution in [1.29, 1.82) is 0 Å². The van der Waals surface area contributed by atoms with E-state index in [0.717, 1.165) is 24.8 Å². The number of carbonyl (C=O) groups is 2. The smallest absolute Gasteiger partial charge is 0.372 e. The van der Waals surface area contributed by atoms with E-state index < -0.39 is 17.2 Å². The van der Waals surface area contributed by atoms with Crippen molar-refractivity contribution in [3.8, 4) is 11.5 Å². The molecule has 1 heterocycles. The molecule has 1 aliphatic carbocycles. The van der Waals surface area contributed by atoms with E-state index in [2.05, 4.69) is 0 Å². The summed E-state index contributed by atoms with van der Waals surface area (Å²) in [5.41, 5.74) is 0.512. The van der Waals surface area contributed by atoms with Gasteiger partial charge in [0.1, 0.15) is 0 Å². The number of hydrogen-bond acceptors (Lipinski definition) is 4. The van der Waals surface area contributed by atoms with E-state index >= 15 is 0 Å². The van der Waals surface area contributed by atoms with Gasteiger partial charge in [-0.3, -0.25) is 4.79 Å². The number of hydrogen-bond donors (Lipinski definition) is 1. The summed E-state index contributed by atoms with van der Waals surface area (Å²) in [6.07, 6.45) is 2.65. The van der Waals surface area contributed by atoms with Crippen LogP contribution in [0.1, 0.15) is 31.2 Å². The average molecular weight is 262 g/mol. The molecule has 1 aromatic rings. The van der Waals surface area contributed by atoms with Crippen molar-refractivity contribution in [2.24, 2.45) is 0 Å². The molecule has 1 saturated carbocycles. The highest BCUT2D eigenvalue weighted by molar-refractivity contribution is 6.33. The lowest BCUT2D eigenvalue weighted by Crippen LogP contribution is -2.38. The maximum atomic E-state index is 11.6. The quantitative estimate of drug-likeness (QED) is 0.839. The standard InChI is InChI=1S/C14H14O5/c15-10(13(16)17)7-14(5-2-6-14)9-3-1-4-11-12(9)19-8-18-11/h1,3-4H,2,5-8H2,(H,16,17). The Morgan fingerprint density at radius 1 is 1.26 bits per heavy atom. The van der Waals surface area contributed by atoms with E-state index in [0.29, 0.717) is 11.5 Å². The van der Waals surface area contributed by atoms with Crippen LogP contribution < -0.4 is 9.47 Å². The van der Waals surface area contributed by atoms with Crippen LogP contribution in [0.25, 0.3) is 0 Å². The summed E-state index contributed by atoms with van der Waals surface area (Å²) in [5, 5.41) is 8.80. The monoisotopic (exact) mass is 262 g/mol.